The standard InChI is InChI=1S/C18H30N2O/c1-13(2)11-17(16-9-7-6-8-10-16)20-15(5)18(21)19-12-14(3)4/h6-10,13-15,17,20H,11-12H2,1-5H3,(H,19,21). The number of hydrogen-bond donors (Lipinski definition) is 2. The van der Waals surface area contributed by atoms with Crippen LogP contribution in [0.3, 0.4) is 0 Å². The summed E-state index contributed by atoms with van der Waals surface area (Å²) in [7, 11) is 0. The molecule has 118 valence electrons. The zero-order valence-corrected chi connectivity index (χ0v) is 14.0. The molecule has 0 heterocycles. The van der Waals surface area contributed by atoms with Gasteiger partial charge in [-0.3, -0.25) is 10.1 Å². The van der Waals surface area contributed by atoms with Crippen LogP contribution in [0, 0.1) is 11.8 Å². The first-order valence-electron chi connectivity index (χ1n) is 7.98. The van der Waals surface area contributed by atoms with Crippen molar-refractivity contribution in [2.75, 3.05) is 6.54 Å². The van der Waals surface area contributed by atoms with E-state index in [4.69, 9.17) is 0 Å². The number of hydrogen-bond acceptors (Lipinski definition) is 2. The highest BCUT2D eigenvalue weighted by molar-refractivity contribution is 5.81. The molecule has 0 spiro atoms. The number of rotatable bonds is 8. The van der Waals surface area contributed by atoms with Crippen LogP contribution in [0.15, 0.2) is 30.3 Å². The average Bonchev–Trinajstić information content (AvgIpc) is 2.44. The minimum absolute atomic E-state index is 0.0772. The second-order valence-electron chi connectivity index (χ2n) is 6.62. The third kappa shape index (κ3) is 6.76. The summed E-state index contributed by atoms with van der Waals surface area (Å²) in [6.45, 7) is 11.3. The fourth-order valence-electron chi connectivity index (χ4n) is 2.29. The Morgan fingerprint density at radius 2 is 1.62 bits per heavy atom. The van der Waals surface area contributed by atoms with Crippen molar-refractivity contribution in [3.8, 4) is 0 Å². The summed E-state index contributed by atoms with van der Waals surface area (Å²) < 4.78 is 0. The predicted octanol–water partition coefficient (Wildman–Crippen LogP) is 3.52. The first-order valence-corrected chi connectivity index (χ1v) is 7.98. The molecule has 2 N–H and O–H groups in total. The summed E-state index contributed by atoms with van der Waals surface area (Å²) in [4.78, 5) is 12.1. The molecule has 2 atom stereocenters. The highest BCUT2D eigenvalue weighted by atomic mass is 16.2. The maximum absolute atomic E-state index is 12.1. The van der Waals surface area contributed by atoms with Gasteiger partial charge in [0.25, 0.3) is 0 Å². The molecule has 1 amide bonds. The van der Waals surface area contributed by atoms with Gasteiger partial charge in [0, 0.05) is 12.6 Å². The van der Waals surface area contributed by atoms with Gasteiger partial charge in [-0.2, -0.15) is 0 Å². The first-order chi connectivity index (χ1) is 9.90. The smallest absolute Gasteiger partial charge is 0.236 e. The van der Waals surface area contributed by atoms with E-state index < -0.39 is 0 Å². The first kappa shape index (κ1) is 17.7. The van der Waals surface area contributed by atoms with Crippen molar-refractivity contribution in [1.29, 1.82) is 0 Å². The van der Waals surface area contributed by atoms with Gasteiger partial charge >= 0.3 is 0 Å². The van der Waals surface area contributed by atoms with Crippen molar-refractivity contribution in [1.82, 2.24) is 10.6 Å². The molecule has 1 rings (SSSR count). The molecular weight excluding hydrogens is 260 g/mol. The number of carbonyl (C=O) groups is 1. The molecule has 21 heavy (non-hydrogen) atoms. The fraction of sp³-hybridized carbons (Fsp3) is 0.611. The molecule has 0 aliphatic heterocycles. The summed E-state index contributed by atoms with van der Waals surface area (Å²) >= 11 is 0. The maximum atomic E-state index is 12.1. The number of amides is 1. The second kappa shape index (κ2) is 8.83. The lowest BCUT2D eigenvalue weighted by Gasteiger charge is -2.25. The van der Waals surface area contributed by atoms with Gasteiger partial charge in [0.05, 0.1) is 6.04 Å². The molecule has 1 aromatic carbocycles. The van der Waals surface area contributed by atoms with E-state index in [9.17, 15) is 4.79 Å². The molecule has 0 saturated carbocycles. The van der Waals surface area contributed by atoms with E-state index in [1.54, 1.807) is 0 Å². The topological polar surface area (TPSA) is 41.1 Å². The van der Waals surface area contributed by atoms with Gasteiger partial charge in [0.1, 0.15) is 0 Å². The van der Waals surface area contributed by atoms with Crippen LogP contribution in [0.2, 0.25) is 0 Å². The third-order valence-corrected chi connectivity index (χ3v) is 3.44. The van der Waals surface area contributed by atoms with E-state index in [0.717, 1.165) is 13.0 Å². The van der Waals surface area contributed by atoms with Crippen LogP contribution < -0.4 is 10.6 Å². The van der Waals surface area contributed by atoms with Crippen LogP contribution in [0.1, 0.15) is 52.6 Å². The van der Waals surface area contributed by atoms with Crippen molar-refractivity contribution in [2.45, 2.75) is 53.1 Å². The van der Waals surface area contributed by atoms with Gasteiger partial charge in [-0.25, -0.2) is 0 Å². The van der Waals surface area contributed by atoms with E-state index in [1.165, 1.54) is 5.56 Å². The Labute approximate surface area is 129 Å². The van der Waals surface area contributed by atoms with E-state index >= 15 is 0 Å². The monoisotopic (exact) mass is 290 g/mol. The predicted molar refractivity (Wildman–Crippen MR) is 89.1 cm³/mol. The molecule has 0 bridgehead atoms. The van der Waals surface area contributed by atoms with Gasteiger partial charge < -0.3 is 5.32 Å². The third-order valence-electron chi connectivity index (χ3n) is 3.44. The molecule has 0 aliphatic rings. The zero-order valence-electron chi connectivity index (χ0n) is 14.0. The van der Waals surface area contributed by atoms with Crippen LogP contribution in [-0.2, 0) is 4.79 Å². The summed E-state index contributed by atoms with van der Waals surface area (Å²) in [5.74, 6) is 1.13. The Morgan fingerprint density at radius 3 is 2.14 bits per heavy atom. The Hall–Kier alpha value is -1.35. The van der Waals surface area contributed by atoms with Crippen LogP contribution in [0.5, 0.6) is 0 Å². The van der Waals surface area contributed by atoms with Crippen LogP contribution in [0.25, 0.3) is 0 Å². The molecule has 0 aliphatic carbocycles. The van der Waals surface area contributed by atoms with E-state index in [-0.39, 0.29) is 18.0 Å². The molecule has 0 saturated heterocycles. The lowest BCUT2D eigenvalue weighted by Crippen LogP contribution is -2.44. The van der Waals surface area contributed by atoms with Crippen molar-refractivity contribution in [3.63, 3.8) is 0 Å². The Bertz CT molecular complexity index is 414. The molecule has 0 fully saturated rings. The maximum Gasteiger partial charge on any atom is 0.236 e. The van der Waals surface area contributed by atoms with Gasteiger partial charge in [0.2, 0.25) is 5.91 Å². The SMILES string of the molecule is CC(C)CNC(=O)C(C)NC(CC(C)C)c1ccccc1. The molecule has 3 heteroatoms. The minimum Gasteiger partial charge on any atom is -0.354 e. The molecule has 2 unspecified atom stereocenters. The van der Waals surface area contributed by atoms with E-state index in [1.807, 2.05) is 25.1 Å². The lowest BCUT2D eigenvalue weighted by molar-refractivity contribution is -0.123. The minimum atomic E-state index is -0.187. The molecule has 0 aromatic heterocycles. The number of nitrogens with one attached hydrogen (secondary N) is 2. The van der Waals surface area contributed by atoms with Crippen molar-refractivity contribution >= 4 is 5.91 Å². The Balaban J connectivity index is 2.66. The normalized spacial score (nSPS) is 14.2. The number of carbonyl (C=O) groups excluding carboxylic acids is 1. The summed E-state index contributed by atoms with van der Waals surface area (Å²) in [6, 6.07) is 10.4. The molecule has 1 aromatic rings. The summed E-state index contributed by atoms with van der Waals surface area (Å²) in [6.07, 6.45) is 1.02. The van der Waals surface area contributed by atoms with Crippen LogP contribution in [-0.4, -0.2) is 18.5 Å². The molecule has 0 radical (unpaired) electrons. The highest BCUT2D eigenvalue weighted by Crippen LogP contribution is 2.21. The second-order valence-corrected chi connectivity index (χ2v) is 6.62. The van der Waals surface area contributed by atoms with Crippen LogP contribution >= 0.6 is 0 Å². The van der Waals surface area contributed by atoms with Crippen molar-refractivity contribution in [2.24, 2.45) is 11.8 Å². The highest BCUT2D eigenvalue weighted by Gasteiger charge is 2.19. The number of benzene rings is 1. The van der Waals surface area contributed by atoms with Gasteiger partial charge in [-0.1, -0.05) is 58.0 Å². The van der Waals surface area contributed by atoms with Gasteiger partial charge in [-0.05, 0) is 30.7 Å². The largest absolute Gasteiger partial charge is 0.354 e. The average molecular weight is 290 g/mol. The van der Waals surface area contributed by atoms with E-state index in [2.05, 4.69) is 50.5 Å². The molecular formula is C18H30N2O. The van der Waals surface area contributed by atoms with Gasteiger partial charge in [-0.15, -0.1) is 0 Å². The van der Waals surface area contributed by atoms with Crippen LogP contribution in [0.4, 0.5) is 0 Å². The fourth-order valence-corrected chi connectivity index (χ4v) is 2.29. The Kier molecular flexibility index (Phi) is 7.44. The van der Waals surface area contributed by atoms with Crippen molar-refractivity contribution in [3.05, 3.63) is 35.9 Å². The lowest BCUT2D eigenvalue weighted by atomic mass is 9.96. The van der Waals surface area contributed by atoms with Crippen molar-refractivity contribution < 1.29 is 4.79 Å². The quantitative estimate of drug-likeness (QED) is 0.769. The summed E-state index contributed by atoms with van der Waals surface area (Å²) in [5, 5.41) is 6.47. The van der Waals surface area contributed by atoms with Gasteiger partial charge in [0.15, 0.2) is 0 Å². The van der Waals surface area contributed by atoms with E-state index in [0.29, 0.717) is 11.8 Å². The summed E-state index contributed by atoms with van der Waals surface area (Å²) in [5.41, 5.74) is 1.25. The zero-order chi connectivity index (χ0) is 15.8. The Morgan fingerprint density at radius 1 is 1.00 bits per heavy atom. The molecule has 3 nitrogen and oxygen atoms in total.